The largest absolute Gasteiger partial charge is 0.480 e. The Morgan fingerprint density at radius 2 is 1.68 bits per heavy atom. The Morgan fingerprint density at radius 1 is 1.11 bits per heavy atom. The molecule has 7 heteroatoms. The summed E-state index contributed by atoms with van der Waals surface area (Å²) in [6.07, 6.45) is 1.34. The minimum Gasteiger partial charge on any atom is -0.480 e. The van der Waals surface area contributed by atoms with Crippen LogP contribution in [0.2, 0.25) is 0 Å². The second-order valence-electron chi connectivity index (χ2n) is 5.05. The number of carboxylic acids is 1. The monoisotopic (exact) mass is 273 g/mol. The van der Waals surface area contributed by atoms with Gasteiger partial charge in [-0.1, -0.05) is 13.8 Å². The molecular weight excluding hydrogens is 250 g/mol. The molecule has 0 aliphatic rings. The molecule has 0 fully saturated rings. The molecule has 0 saturated carbocycles. The smallest absolute Gasteiger partial charge is 0.326 e. The molecule has 19 heavy (non-hydrogen) atoms. The van der Waals surface area contributed by atoms with Gasteiger partial charge in [-0.05, 0) is 25.7 Å². The van der Waals surface area contributed by atoms with Crippen molar-refractivity contribution < 1.29 is 19.5 Å². The first-order valence-electron chi connectivity index (χ1n) is 6.30. The van der Waals surface area contributed by atoms with E-state index in [1.807, 2.05) is 6.92 Å². The Balaban J connectivity index is 4.18. The van der Waals surface area contributed by atoms with Crippen LogP contribution in [-0.4, -0.2) is 35.1 Å². The van der Waals surface area contributed by atoms with Crippen molar-refractivity contribution in [1.82, 2.24) is 10.6 Å². The van der Waals surface area contributed by atoms with E-state index < -0.39 is 30.4 Å². The van der Waals surface area contributed by atoms with Crippen LogP contribution in [0.15, 0.2) is 0 Å². The van der Waals surface area contributed by atoms with Crippen LogP contribution in [-0.2, 0) is 9.59 Å². The van der Waals surface area contributed by atoms with Gasteiger partial charge in [0, 0.05) is 6.04 Å². The highest BCUT2D eigenvalue weighted by Crippen LogP contribution is 2.06. The summed E-state index contributed by atoms with van der Waals surface area (Å²) < 4.78 is 0. The highest BCUT2D eigenvalue weighted by atomic mass is 16.4. The summed E-state index contributed by atoms with van der Waals surface area (Å²) in [6.45, 7) is 6.01. The van der Waals surface area contributed by atoms with Crippen molar-refractivity contribution in [3.05, 3.63) is 0 Å². The minimum atomic E-state index is -1.30. The van der Waals surface area contributed by atoms with Crippen molar-refractivity contribution in [2.45, 2.75) is 52.1 Å². The summed E-state index contributed by atoms with van der Waals surface area (Å²) in [5, 5.41) is 13.7. The lowest BCUT2D eigenvalue weighted by Gasteiger charge is -2.18. The molecule has 0 aliphatic carbocycles. The fourth-order valence-electron chi connectivity index (χ4n) is 1.48. The van der Waals surface area contributed by atoms with E-state index in [-0.39, 0.29) is 6.04 Å². The van der Waals surface area contributed by atoms with Crippen LogP contribution in [0.3, 0.4) is 0 Å². The Labute approximate surface area is 112 Å². The standard InChI is InChI=1S/C12H23N3O4/c1-7(2)4-5-8(3)14-12(19)15-9(11(17)18)6-10(13)16/h7-9H,4-6H2,1-3H3,(H2,13,16)(H,17,18)(H2,14,15,19)/t8?,9-/m1/s1. The van der Waals surface area contributed by atoms with Gasteiger partial charge in [-0.25, -0.2) is 9.59 Å². The molecule has 0 aromatic heterocycles. The fourth-order valence-corrected chi connectivity index (χ4v) is 1.48. The molecule has 0 rings (SSSR count). The summed E-state index contributed by atoms with van der Waals surface area (Å²) in [5.41, 5.74) is 4.92. The number of aliphatic carboxylic acids is 1. The average molecular weight is 273 g/mol. The second kappa shape index (κ2) is 8.34. The van der Waals surface area contributed by atoms with Gasteiger partial charge in [-0.3, -0.25) is 4.79 Å². The highest BCUT2D eigenvalue weighted by molar-refractivity contribution is 5.87. The number of hydrogen-bond donors (Lipinski definition) is 4. The summed E-state index contributed by atoms with van der Waals surface area (Å²) in [7, 11) is 0. The lowest BCUT2D eigenvalue weighted by molar-refractivity contribution is -0.140. The summed E-state index contributed by atoms with van der Waals surface area (Å²) in [4.78, 5) is 33.1. The maximum absolute atomic E-state index is 11.6. The molecule has 0 saturated heterocycles. The second-order valence-corrected chi connectivity index (χ2v) is 5.05. The molecule has 1 unspecified atom stereocenters. The van der Waals surface area contributed by atoms with E-state index in [0.717, 1.165) is 12.8 Å². The molecule has 0 aromatic carbocycles. The molecule has 3 amide bonds. The van der Waals surface area contributed by atoms with Crippen LogP contribution in [0.1, 0.15) is 40.0 Å². The predicted octanol–water partition coefficient (Wildman–Crippen LogP) is 0.439. The van der Waals surface area contributed by atoms with Gasteiger partial charge >= 0.3 is 12.0 Å². The zero-order valence-electron chi connectivity index (χ0n) is 11.6. The van der Waals surface area contributed by atoms with Crippen molar-refractivity contribution >= 4 is 17.9 Å². The number of amides is 3. The average Bonchev–Trinajstić information content (AvgIpc) is 2.24. The maximum Gasteiger partial charge on any atom is 0.326 e. The third-order valence-corrected chi connectivity index (χ3v) is 2.56. The maximum atomic E-state index is 11.6. The van der Waals surface area contributed by atoms with Crippen LogP contribution in [0.25, 0.3) is 0 Å². The Bertz CT molecular complexity index is 331. The van der Waals surface area contributed by atoms with Crippen LogP contribution in [0.5, 0.6) is 0 Å². The first kappa shape index (κ1) is 17.2. The molecule has 7 nitrogen and oxygen atoms in total. The molecule has 0 heterocycles. The van der Waals surface area contributed by atoms with Crippen molar-refractivity contribution in [2.24, 2.45) is 11.7 Å². The minimum absolute atomic E-state index is 0.0644. The van der Waals surface area contributed by atoms with E-state index in [1.54, 1.807) is 0 Å². The number of carbonyl (C=O) groups excluding carboxylic acids is 2. The summed E-state index contributed by atoms with van der Waals surface area (Å²) in [5.74, 6) is -1.53. The number of nitrogens with one attached hydrogen (secondary N) is 2. The normalized spacial score (nSPS) is 13.7. The molecule has 2 atom stereocenters. The van der Waals surface area contributed by atoms with Gasteiger partial charge in [0.05, 0.1) is 6.42 Å². The predicted molar refractivity (Wildman–Crippen MR) is 70.4 cm³/mol. The van der Waals surface area contributed by atoms with E-state index in [0.29, 0.717) is 5.92 Å². The van der Waals surface area contributed by atoms with E-state index in [1.165, 1.54) is 0 Å². The van der Waals surface area contributed by atoms with Crippen molar-refractivity contribution in [3.63, 3.8) is 0 Å². The Hall–Kier alpha value is -1.79. The van der Waals surface area contributed by atoms with Crippen molar-refractivity contribution in [1.29, 1.82) is 0 Å². The van der Waals surface area contributed by atoms with Crippen LogP contribution in [0, 0.1) is 5.92 Å². The van der Waals surface area contributed by atoms with Gasteiger partial charge in [0.1, 0.15) is 6.04 Å². The number of carbonyl (C=O) groups is 3. The zero-order chi connectivity index (χ0) is 15.0. The topological polar surface area (TPSA) is 122 Å². The summed E-state index contributed by atoms with van der Waals surface area (Å²) in [6, 6.07) is -1.97. The molecule has 5 N–H and O–H groups in total. The van der Waals surface area contributed by atoms with Gasteiger partial charge in [0.25, 0.3) is 0 Å². The molecule has 0 aromatic rings. The van der Waals surface area contributed by atoms with E-state index in [2.05, 4.69) is 24.5 Å². The van der Waals surface area contributed by atoms with E-state index >= 15 is 0 Å². The lowest BCUT2D eigenvalue weighted by atomic mass is 10.0. The number of rotatable bonds is 8. The molecule has 0 bridgehead atoms. The van der Waals surface area contributed by atoms with E-state index in [9.17, 15) is 14.4 Å². The summed E-state index contributed by atoms with van der Waals surface area (Å²) >= 11 is 0. The van der Waals surface area contributed by atoms with Gasteiger partial charge < -0.3 is 21.5 Å². The zero-order valence-corrected chi connectivity index (χ0v) is 11.6. The quantitative estimate of drug-likeness (QED) is 0.512. The molecule has 0 aliphatic heterocycles. The third kappa shape index (κ3) is 8.87. The number of nitrogens with two attached hydrogens (primary N) is 1. The van der Waals surface area contributed by atoms with Gasteiger partial charge in [-0.2, -0.15) is 0 Å². The third-order valence-electron chi connectivity index (χ3n) is 2.56. The first-order valence-corrected chi connectivity index (χ1v) is 6.30. The highest BCUT2D eigenvalue weighted by Gasteiger charge is 2.22. The first-order chi connectivity index (χ1) is 8.72. The van der Waals surface area contributed by atoms with Gasteiger partial charge in [0.15, 0.2) is 0 Å². The molecular formula is C12H23N3O4. The van der Waals surface area contributed by atoms with E-state index in [4.69, 9.17) is 10.8 Å². The molecule has 110 valence electrons. The van der Waals surface area contributed by atoms with Gasteiger partial charge in [-0.15, -0.1) is 0 Å². The van der Waals surface area contributed by atoms with Crippen LogP contribution < -0.4 is 16.4 Å². The Kier molecular flexibility index (Phi) is 7.55. The molecule has 0 spiro atoms. The number of primary amides is 1. The fraction of sp³-hybridized carbons (Fsp3) is 0.750. The number of hydrogen-bond acceptors (Lipinski definition) is 3. The number of carboxylic acid groups (broad SMARTS) is 1. The van der Waals surface area contributed by atoms with Crippen LogP contribution >= 0.6 is 0 Å². The Morgan fingerprint density at radius 3 is 2.11 bits per heavy atom. The van der Waals surface area contributed by atoms with Gasteiger partial charge in [0.2, 0.25) is 5.91 Å². The number of urea groups is 1. The van der Waals surface area contributed by atoms with Crippen molar-refractivity contribution in [2.75, 3.05) is 0 Å². The van der Waals surface area contributed by atoms with Crippen LogP contribution in [0.4, 0.5) is 4.79 Å². The lowest BCUT2D eigenvalue weighted by Crippen LogP contribution is -2.49. The molecule has 0 radical (unpaired) electrons. The van der Waals surface area contributed by atoms with Crippen molar-refractivity contribution in [3.8, 4) is 0 Å². The SMILES string of the molecule is CC(C)CCC(C)NC(=O)N[C@H](CC(N)=O)C(=O)O.